The highest BCUT2D eigenvalue weighted by molar-refractivity contribution is 5.10. The number of hydrogen-bond acceptors (Lipinski definition) is 2. The highest BCUT2D eigenvalue weighted by Gasteiger charge is 2.18. The van der Waals surface area contributed by atoms with Gasteiger partial charge in [-0.25, -0.2) is 4.98 Å². The van der Waals surface area contributed by atoms with Gasteiger partial charge in [0.25, 0.3) is 0 Å². The summed E-state index contributed by atoms with van der Waals surface area (Å²) >= 11 is 0. The highest BCUT2D eigenvalue weighted by Crippen LogP contribution is 2.15. The van der Waals surface area contributed by atoms with Gasteiger partial charge in [0.05, 0.1) is 17.6 Å². The van der Waals surface area contributed by atoms with E-state index in [1.165, 1.54) is 0 Å². The summed E-state index contributed by atoms with van der Waals surface area (Å²) in [6.45, 7) is 4.69. The second-order valence-electron chi connectivity index (χ2n) is 3.65. The number of imidazole rings is 1. The van der Waals surface area contributed by atoms with Crippen molar-refractivity contribution in [2.75, 3.05) is 0 Å². The summed E-state index contributed by atoms with van der Waals surface area (Å²) in [7, 11) is 0. The van der Waals surface area contributed by atoms with Crippen molar-refractivity contribution in [1.29, 1.82) is 0 Å². The minimum Gasteiger partial charge on any atom is -0.332 e. The number of nitrogens with two attached hydrogens (primary N) is 1. The molecular formula is C10H15N3. The first-order valence-corrected chi connectivity index (χ1v) is 4.28. The van der Waals surface area contributed by atoms with Crippen molar-refractivity contribution in [3.63, 3.8) is 0 Å². The number of aryl methyl sites for hydroxylation is 1. The Kier molecular flexibility index (Phi) is 2.74. The molecule has 0 aliphatic rings. The summed E-state index contributed by atoms with van der Waals surface area (Å²) in [4.78, 5) is 4.06. The number of terminal acetylenes is 1. The van der Waals surface area contributed by atoms with Gasteiger partial charge in [0, 0.05) is 19.2 Å². The molecule has 3 heteroatoms. The second kappa shape index (κ2) is 3.63. The van der Waals surface area contributed by atoms with E-state index < -0.39 is 0 Å². The Morgan fingerprint density at radius 3 is 2.92 bits per heavy atom. The van der Waals surface area contributed by atoms with Gasteiger partial charge in [-0.2, -0.15) is 0 Å². The van der Waals surface area contributed by atoms with E-state index in [0.717, 1.165) is 12.2 Å². The van der Waals surface area contributed by atoms with Crippen molar-refractivity contribution in [3.8, 4) is 12.3 Å². The fourth-order valence-electron chi connectivity index (χ4n) is 1.22. The van der Waals surface area contributed by atoms with Crippen LogP contribution >= 0.6 is 0 Å². The molecule has 0 unspecified atom stereocenters. The lowest BCUT2D eigenvalue weighted by molar-refractivity contribution is 0.494. The van der Waals surface area contributed by atoms with Gasteiger partial charge < -0.3 is 10.3 Å². The van der Waals surface area contributed by atoms with E-state index in [2.05, 4.69) is 10.9 Å². The molecule has 0 aliphatic heterocycles. The molecule has 0 aliphatic carbocycles. The first-order chi connectivity index (χ1) is 6.05. The zero-order chi connectivity index (χ0) is 9.90. The maximum Gasteiger partial charge on any atom is 0.0949 e. The largest absolute Gasteiger partial charge is 0.332 e. The summed E-state index contributed by atoms with van der Waals surface area (Å²) in [6, 6.07) is 0. The summed E-state index contributed by atoms with van der Waals surface area (Å²) in [5.41, 5.74) is 6.62. The van der Waals surface area contributed by atoms with Gasteiger partial charge in [0.2, 0.25) is 0 Å². The molecule has 1 heterocycles. The first kappa shape index (κ1) is 9.82. The first-order valence-electron chi connectivity index (χ1n) is 4.28. The minimum atomic E-state index is -0.356. The topological polar surface area (TPSA) is 43.8 Å². The molecule has 1 aromatic rings. The Hall–Kier alpha value is -1.27. The molecule has 13 heavy (non-hydrogen) atoms. The molecule has 0 radical (unpaired) electrons. The van der Waals surface area contributed by atoms with Crippen LogP contribution in [0.4, 0.5) is 0 Å². The maximum atomic E-state index is 5.96. The molecule has 0 spiro atoms. The van der Waals surface area contributed by atoms with E-state index in [1.807, 2.05) is 18.4 Å². The van der Waals surface area contributed by atoms with Gasteiger partial charge in [0.1, 0.15) is 0 Å². The molecule has 2 N–H and O–H groups in total. The van der Waals surface area contributed by atoms with Crippen LogP contribution < -0.4 is 5.73 Å². The van der Waals surface area contributed by atoms with Crippen molar-refractivity contribution < 1.29 is 0 Å². The number of hydrogen-bond donors (Lipinski definition) is 1. The van der Waals surface area contributed by atoms with E-state index >= 15 is 0 Å². The molecule has 0 saturated carbocycles. The van der Waals surface area contributed by atoms with Crippen LogP contribution in [0.25, 0.3) is 0 Å². The molecule has 1 aromatic heterocycles. The molecule has 1 rings (SSSR count). The molecule has 70 valence electrons. The monoisotopic (exact) mass is 177 g/mol. The lowest BCUT2D eigenvalue weighted by Crippen LogP contribution is -2.31. The van der Waals surface area contributed by atoms with E-state index in [4.69, 9.17) is 12.2 Å². The van der Waals surface area contributed by atoms with Crippen LogP contribution in [0.15, 0.2) is 12.5 Å². The van der Waals surface area contributed by atoms with Crippen LogP contribution in [0.5, 0.6) is 0 Å². The van der Waals surface area contributed by atoms with E-state index in [0.29, 0.717) is 6.42 Å². The van der Waals surface area contributed by atoms with Crippen molar-refractivity contribution in [2.24, 2.45) is 5.73 Å². The molecule has 0 aromatic carbocycles. The van der Waals surface area contributed by atoms with Crippen LogP contribution in [-0.2, 0) is 12.1 Å². The van der Waals surface area contributed by atoms with E-state index in [-0.39, 0.29) is 5.54 Å². The lowest BCUT2D eigenvalue weighted by atomic mass is 10.0. The Labute approximate surface area is 79.0 Å². The Morgan fingerprint density at radius 2 is 2.38 bits per heavy atom. The van der Waals surface area contributed by atoms with Crippen LogP contribution in [0, 0.1) is 12.3 Å². The Morgan fingerprint density at radius 1 is 1.69 bits per heavy atom. The van der Waals surface area contributed by atoms with Gasteiger partial charge in [-0.15, -0.1) is 12.3 Å². The van der Waals surface area contributed by atoms with Crippen molar-refractivity contribution >= 4 is 0 Å². The summed E-state index contributed by atoms with van der Waals surface area (Å²) in [5.74, 6) is 2.60. The molecule has 0 atom stereocenters. The van der Waals surface area contributed by atoms with Crippen LogP contribution in [0.1, 0.15) is 26.0 Å². The van der Waals surface area contributed by atoms with Crippen LogP contribution in [0.2, 0.25) is 0 Å². The molecular weight excluding hydrogens is 162 g/mol. The van der Waals surface area contributed by atoms with Crippen LogP contribution in [0.3, 0.4) is 0 Å². The standard InChI is InChI=1S/C10H15N3/c1-4-5-6-13-8-12-7-9(13)10(2,3)11/h1,7-8H,5-6,11H2,2-3H3. The van der Waals surface area contributed by atoms with E-state index in [9.17, 15) is 0 Å². The zero-order valence-corrected chi connectivity index (χ0v) is 8.12. The van der Waals surface area contributed by atoms with Gasteiger partial charge >= 0.3 is 0 Å². The van der Waals surface area contributed by atoms with Gasteiger partial charge in [-0.1, -0.05) is 0 Å². The molecule has 0 fully saturated rings. The van der Waals surface area contributed by atoms with Gasteiger partial charge in [0.15, 0.2) is 0 Å². The third-order valence-corrected chi connectivity index (χ3v) is 1.87. The summed E-state index contributed by atoms with van der Waals surface area (Å²) in [5, 5.41) is 0. The third-order valence-electron chi connectivity index (χ3n) is 1.87. The number of rotatable bonds is 3. The summed E-state index contributed by atoms with van der Waals surface area (Å²) in [6.07, 6.45) is 9.45. The fraction of sp³-hybridized carbons (Fsp3) is 0.500. The summed E-state index contributed by atoms with van der Waals surface area (Å²) < 4.78 is 2.00. The highest BCUT2D eigenvalue weighted by atomic mass is 15.1. The molecule has 0 bridgehead atoms. The quantitative estimate of drug-likeness (QED) is 0.703. The Bertz CT molecular complexity index is 312. The minimum absolute atomic E-state index is 0.356. The SMILES string of the molecule is C#CCCn1cncc1C(C)(C)N. The number of aromatic nitrogens is 2. The van der Waals surface area contributed by atoms with Gasteiger partial charge in [-0.05, 0) is 13.8 Å². The lowest BCUT2D eigenvalue weighted by Gasteiger charge is -2.20. The maximum absolute atomic E-state index is 5.96. The molecule has 3 nitrogen and oxygen atoms in total. The van der Waals surface area contributed by atoms with Gasteiger partial charge in [-0.3, -0.25) is 0 Å². The average Bonchev–Trinajstić information content (AvgIpc) is 2.47. The smallest absolute Gasteiger partial charge is 0.0949 e. The molecule has 0 saturated heterocycles. The normalized spacial score (nSPS) is 11.2. The zero-order valence-electron chi connectivity index (χ0n) is 8.12. The Balaban J connectivity index is 2.85. The predicted molar refractivity (Wildman–Crippen MR) is 52.9 cm³/mol. The van der Waals surface area contributed by atoms with Crippen LogP contribution in [-0.4, -0.2) is 9.55 Å². The predicted octanol–water partition coefficient (Wildman–Crippen LogP) is 1.10. The fourth-order valence-corrected chi connectivity index (χ4v) is 1.22. The number of nitrogens with zero attached hydrogens (tertiary/aromatic N) is 2. The van der Waals surface area contributed by atoms with E-state index in [1.54, 1.807) is 12.5 Å². The second-order valence-corrected chi connectivity index (χ2v) is 3.65. The third kappa shape index (κ3) is 2.33. The average molecular weight is 177 g/mol. The molecule has 0 amide bonds. The van der Waals surface area contributed by atoms with Crippen molar-refractivity contribution in [3.05, 3.63) is 18.2 Å². The van der Waals surface area contributed by atoms with Crippen molar-refractivity contribution in [2.45, 2.75) is 32.4 Å². The van der Waals surface area contributed by atoms with Crippen molar-refractivity contribution in [1.82, 2.24) is 9.55 Å².